The van der Waals surface area contributed by atoms with E-state index < -0.39 is 11.6 Å². The average molecular weight is 374 g/mol. The number of rotatable bonds is 4. The Morgan fingerprint density at radius 3 is 2.45 bits per heavy atom. The largest absolute Gasteiger partial charge is 0.314 e. The van der Waals surface area contributed by atoms with Crippen molar-refractivity contribution in [3.8, 4) is 0 Å². The zero-order valence-electron chi connectivity index (χ0n) is 12.4. The zero-order chi connectivity index (χ0) is 14.7. The van der Waals surface area contributed by atoms with Crippen LogP contribution >= 0.6 is 36.4 Å². The van der Waals surface area contributed by atoms with Gasteiger partial charge in [-0.2, -0.15) is 0 Å². The van der Waals surface area contributed by atoms with Crippen LogP contribution in [0.1, 0.15) is 24.9 Å². The van der Waals surface area contributed by atoms with Crippen molar-refractivity contribution in [1.82, 2.24) is 10.2 Å². The minimum Gasteiger partial charge on any atom is -0.314 e. The number of nitrogens with one attached hydrogen (secondary N) is 1. The molecule has 0 radical (unpaired) electrons. The Labute approximate surface area is 147 Å². The highest BCUT2D eigenvalue weighted by Crippen LogP contribution is 2.34. The molecule has 0 unspecified atom stereocenters. The molecule has 1 aliphatic heterocycles. The number of nitrogens with zero attached hydrogens (tertiary/aromatic N) is 1. The summed E-state index contributed by atoms with van der Waals surface area (Å²) in [6.07, 6.45) is 0.522. The highest BCUT2D eigenvalue weighted by Gasteiger charge is 2.28. The van der Waals surface area contributed by atoms with Crippen LogP contribution in [0.5, 0.6) is 0 Å². The Hall–Kier alpha value is -0.390. The molecule has 0 aliphatic carbocycles. The van der Waals surface area contributed by atoms with Crippen LogP contribution in [0.25, 0.3) is 0 Å². The third kappa shape index (κ3) is 5.07. The topological polar surface area (TPSA) is 15.3 Å². The smallest absolute Gasteiger partial charge is 0.149 e. The number of halogens is 5. The van der Waals surface area contributed by atoms with E-state index in [0.29, 0.717) is 6.42 Å². The fourth-order valence-corrected chi connectivity index (χ4v) is 2.75. The van der Waals surface area contributed by atoms with E-state index in [2.05, 4.69) is 16.8 Å². The van der Waals surface area contributed by atoms with Crippen molar-refractivity contribution < 1.29 is 8.78 Å². The molecule has 1 fully saturated rings. The Kier molecular flexibility index (Phi) is 9.51. The first-order valence-corrected chi connectivity index (χ1v) is 7.11. The highest BCUT2D eigenvalue weighted by molar-refractivity contribution is 6.30. The fourth-order valence-electron chi connectivity index (χ4n) is 2.59. The molecular weight excluding hydrogens is 353 g/mol. The van der Waals surface area contributed by atoms with Gasteiger partial charge in [0.15, 0.2) is 0 Å². The maximum atomic E-state index is 14.3. The predicted octanol–water partition coefficient (Wildman–Crippen LogP) is 4.37. The van der Waals surface area contributed by atoms with E-state index in [9.17, 15) is 8.78 Å². The number of hydrogen-bond acceptors (Lipinski definition) is 2. The van der Waals surface area contributed by atoms with Crippen LogP contribution in [0, 0.1) is 11.6 Å². The van der Waals surface area contributed by atoms with E-state index in [1.54, 1.807) is 0 Å². The highest BCUT2D eigenvalue weighted by atomic mass is 35.5. The van der Waals surface area contributed by atoms with Crippen LogP contribution in [0.3, 0.4) is 0 Å². The molecule has 1 aromatic rings. The lowest BCUT2D eigenvalue weighted by Crippen LogP contribution is -2.45. The van der Waals surface area contributed by atoms with E-state index in [1.807, 2.05) is 6.92 Å². The maximum absolute atomic E-state index is 14.3. The molecule has 1 atom stereocenters. The molecule has 0 aromatic heterocycles. The third-order valence-electron chi connectivity index (χ3n) is 3.55. The van der Waals surface area contributed by atoms with Gasteiger partial charge in [0.05, 0.1) is 5.02 Å². The third-order valence-corrected chi connectivity index (χ3v) is 3.84. The van der Waals surface area contributed by atoms with Gasteiger partial charge in [-0.1, -0.05) is 17.2 Å². The number of benzene rings is 1. The molecular formula is C15H21Cl3F2N2. The SMILES string of the molecule is C=C(C)C[C@H](c1c(F)ccc(Cl)c1F)N1CCNCC1.Cl.Cl. The fraction of sp³-hybridized carbons (Fsp3) is 0.467. The first-order chi connectivity index (χ1) is 9.50. The van der Waals surface area contributed by atoms with Crippen LogP contribution in [0.15, 0.2) is 24.3 Å². The average Bonchev–Trinajstić information content (AvgIpc) is 2.43. The van der Waals surface area contributed by atoms with E-state index in [4.69, 9.17) is 11.6 Å². The monoisotopic (exact) mass is 372 g/mol. The Bertz CT molecular complexity index is 506. The number of piperazine rings is 1. The van der Waals surface area contributed by atoms with E-state index in [1.165, 1.54) is 12.1 Å². The molecule has 0 bridgehead atoms. The summed E-state index contributed by atoms with van der Waals surface area (Å²) >= 11 is 5.81. The summed E-state index contributed by atoms with van der Waals surface area (Å²) in [5.41, 5.74) is 0.953. The van der Waals surface area contributed by atoms with Gasteiger partial charge in [0.2, 0.25) is 0 Å². The molecule has 0 amide bonds. The lowest BCUT2D eigenvalue weighted by Gasteiger charge is -2.35. The van der Waals surface area contributed by atoms with Crippen molar-refractivity contribution in [2.75, 3.05) is 26.2 Å². The van der Waals surface area contributed by atoms with Crippen molar-refractivity contribution in [2.45, 2.75) is 19.4 Å². The molecule has 0 spiro atoms. The molecule has 2 rings (SSSR count). The van der Waals surface area contributed by atoms with E-state index in [0.717, 1.165) is 31.8 Å². The summed E-state index contributed by atoms with van der Waals surface area (Å²) in [4.78, 5) is 2.09. The lowest BCUT2D eigenvalue weighted by molar-refractivity contribution is 0.166. The normalized spacial score (nSPS) is 16.4. The minimum absolute atomic E-state index is 0. The zero-order valence-corrected chi connectivity index (χ0v) is 14.8. The maximum Gasteiger partial charge on any atom is 0.149 e. The molecule has 1 N–H and O–H groups in total. The van der Waals surface area contributed by atoms with Crippen molar-refractivity contribution in [2.24, 2.45) is 0 Å². The molecule has 0 saturated carbocycles. The number of hydrogen-bond donors (Lipinski definition) is 1. The van der Waals surface area contributed by atoms with Gasteiger partial charge in [-0.05, 0) is 25.5 Å². The van der Waals surface area contributed by atoms with Crippen LogP contribution in [-0.4, -0.2) is 31.1 Å². The van der Waals surface area contributed by atoms with Gasteiger partial charge in [0.1, 0.15) is 11.6 Å². The van der Waals surface area contributed by atoms with Crippen molar-refractivity contribution >= 4 is 36.4 Å². The summed E-state index contributed by atoms with van der Waals surface area (Å²) in [6.45, 7) is 8.89. The van der Waals surface area contributed by atoms with Gasteiger partial charge < -0.3 is 5.32 Å². The molecule has 1 saturated heterocycles. The molecule has 1 heterocycles. The van der Waals surface area contributed by atoms with Crippen molar-refractivity contribution in [3.05, 3.63) is 46.5 Å². The second-order valence-corrected chi connectivity index (χ2v) is 5.63. The standard InChI is InChI=1S/C15H19ClF2N2.2ClH/c1-10(2)9-13(20-7-5-19-6-8-20)14-12(17)4-3-11(16)15(14)18;;/h3-4,13,19H,1,5-9H2,2H3;2*1H/t13-;;/m1../s1. The predicted molar refractivity (Wildman–Crippen MR) is 92.5 cm³/mol. The summed E-state index contributed by atoms with van der Waals surface area (Å²) in [5.74, 6) is -1.20. The molecule has 22 heavy (non-hydrogen) atoms. The minimum atomic E-state index is -0.656. The first kappa shape index (κ1) is 21.6. The van der Waals surface area contributed by atoms with Crippen LogP contribution in [0.4, 0.5) is 8.78 Å². The molecule has 7 heteroatoms. The summed E-state index contributed by atoms with van der Waals surface area (Å²) < 4.78 is 28.4. The van der Waals surface area contributed by atoms with Crippen LogP contribution in [-0.2, 0) is 0 Å². The summed E-state index contributed by atoms with van der Waals surface area (Å²) in [6, 6.07) is 2.13. The van der Waals surface area contributed by atoms with Gasteiger partial charge in [-0.15, -0.1) is 31.4 Å². The Balaban J connectivity index is 0.00000220. The van der Waals surface area contributed by atoms with Crippen LogP contribution < -0.4 is 5.32 Å². The Morgan fingerprint density at radius 2 is 1.91 bits per heavy atom. The lowest BCUT2D eigenvalue weighted by atomic mass is 9.97. The van der Waals surface area contributed by atoms with E-state index >= 15 is 0 Å². The quantitative estimate of drug-likeness (QED) is 0.622. The summed E-state index contributed by atoms with van der Waals surface area (Å²) in [7, 11) is 0. The van der Waals surface area contributed by atoms with Crippen molar-refractivity contribution in [3.63, 3.8) is 0 Å². The van der Waals surface area contributed by atoms with E-state index in [-0.39, 0.29) is 41.4 Å². The second kappa shape index (κ2) is 9.68. The van der Waals surface area contributed by atoms with Gasteiger partial charge in [-0.25, -0.2) is 8.78 Å². The molecule has 2 nitrogen and oxygen atoms in total. The molecule has 1 aliphatic rings. The second-order valence-electron chi connectivity index (χ2n) is 5.22. The Morgan fingerprint density at radius 1 is 1.32 bits per heavy atom. The van der Waals surface area contributed by atoms with Crippen LogP contribution in [0.2, 0.25) is 5.02 Å². The summed E-state index contributed by atoms with van der Waals surface area (Å²) in [5, 5.41) is 3.20. The first-order valence-electron chi connectivity index (χ1n) is 6.73. The van der Waals surface area contributed by atoms with Gasteiger partial charge in [0, 0.05) is 37.8 Å². The molecule has 126 valence electrons. The van der Waals surface area contributed by atoms with Gasteiger partial charge in [0.25, 0.3) is 0 Å². The van der Waals surface area contributed by atoms with Crippen molar-refractivity contribution in [1.29, 1.82) is 0 Å². The molecule has 1 aromatic carbocycles. The van der Waals surface area contributed by atoms with Gasteiger partial charge >= 0.3 is 0 Å². The van der Waals surface area contributed by atoms with Gasteiger partial charge in [-0.3, -0.25) is 4.90 Å².